The van der Waals surface area contributed by atoms with E-state index in [0.29, 0.717) is 22.6 Å². The highest BCUT2D eigenvalue weighted by molar-refractivity contribution is 9.11. The average Bonchev–Trinajstić information content (AvgIpc) is 3.25. The standard InChI is InChI=1S/C19H19BrN2O3S/c1-21-6-8-22(9-7-21)10-12-14(23)2-3-15-18(12)13(11-25-15)19(24)16-4-5-17(20)26-16/h2-5,11,23H,6-10H2,1H3. The minimum Gasteiger partial charge on any atom is -0.508 e. The van der Waals surface area contributed by atoms with E-state index in [1.165, 1.54) is 17.6 Å². The van der Waals surface area contributed by atoms with Crippen molar-refractivity contribution in [3.63, 3.8) is 0 Å². The Morgan fingerprint density at radius 1 is 1.23 bits per heavy atom. The van der Waals surface area contributed by atoms with E-state index in [9.17, 15) is 9.90 Å². The zero-order valence-electron chi connectivity index (χ0n) is 14.4. The first-order valence-corrected chi connectivity index (χ1v) is 10.1. The number of thiophene rings is 1. The lowest BCUT2D eigenvalue weighted by Gasteiger charge is -2.32. The molecule has 0 saturated carbocycles. The van der Waals surface area contributed by atoms with Crippen molar-refractivity contribution in [1.29, 1.82) is 0 Å². The van der Waals surface area contributed by atoms with Gasteiger partial charge in [0, 0.05) is 43.7 Å². The second-order valence-electron chi connectivity index (χ2n) is 6.60. The highest BCUT2D eigenvalue weighted by atomic mass is 79.9. The number of benzene rings is 1. The number of ketones is 1. The highest BCUT2D eigenvalue weighted by Gasteiger charge is 2.23. The van der Waals surface area contributed by atoms with E-state index < -0.39 is 0 Å². The van der Waals surface area contributed by atoms with Gasteiger partial charge in [-0.15, -0.1) is 11.3 Å². The summed E-state index contributed by atoms with van der Waals surface area (Å²) in [7, 11) is 2.11. The molecule has 1 saturated heterocycles. The van der Waals surface area contributed by atoms with Crippen LogP contribution in [-0.4, -0.2) is 53.9 Å². The van der Waals surface area contributed by atoms with E-state index in [2.05, 4.69) is 32.8 Å². The minimum absolute atomic E-state index is 0.0790. The number of carbonyl (C=O) groups is 1. The maximum atomic E-state index is 13.0. The Balaban J connectivity index is 1.73. The van der Waals surface area contributed by atoms with Gasteiger partial charge in [0.2, 0.25) is 5.78 Å². The maximum absolute atomic E-state index is 13.0. The predicted molar refractivity (Wildman–Crippen MR) is 106 cm³/mol. The normalized spacial score (nSPS) is 16.4. The largest absolute Gasteiger partial charge is 0.508 e. The van der Waals surface area contributed by atoms with Crippen LogP contribution >= 0.6 is 27.3 Å². The van der Waals surface area contributed by atoms with Gasteiger partial charge in [0.15, 0.2) is 0 Å². The van der Waals surface area contributed by atoms with Crippen LogP contribution in [0.5, 0.6) is 5.75 Å². The summed E-state index contributed by atoms with van der Waals surface area (Å²) in [6, 6.07) is 7.04. The SMILES string of the molecule is CN1CCN(Cc2c(O)ccc3occ(C(=O)c4ccc(Br)s4)c23)CC1. The van der Waals surface area contributed by atoms with Gasteiger partial charge in [-0.1, -0.05) is 0 Å². The number of halogens is 1. The number of nitrogens with zero attached hydrogens (tertiary/aromatic N) is 2. The first kappa shape index (κ1) is 17.7. The van der Waals surface area contributed by atoms with Gasteiger partial charge in [-0.25, -0.2) is 0 Å². The van der Waals surface area contributed by atoms with Crippen LogP contribution in [0.25, 0.3) is 11.0 Å². The van der Waals surface area contributed by atoms with Crippen LogP contribution in [0.1, 0.15) is 20.8 Å². The number of fused-ring (bicyclic) bond motifs is 1. The zero-order chi connectivity index (χ0) is 18.3. The lowest BCUT2D eigenvalue weighted by molar-refractivity contribution is 0.104. The maximum Gasteiger partial charge on any atom is 0.206 e. The number of likely N-dealkylation sites (N-methyl/N-ethyl adjacent to an activating group) is 1. The molecule has 1 aliphatic heterocycles. The molecule has 2 aromatic heterocycles. The quantitative estimate of drug-likeness (QED) is 0.630. The molecule has 1 fully saturated rings. The molecule has 1 N–H and O–H groups in total. The number of phenols is 1. The zero-order valence-corrected chi connectivity index (χ0v) is 16.8. The molecule has 4 rings (SSSR count). The molecule has 0 amide bonds. The number of hydrogen-bond donors (Lipinski definition) is 1. The summed E-state index contributed by atoms with van der Waals surface area (Å²) in [5.41, 5.74) is 1.90. The first-order chi connectivity index (χ1) is 12.5. The van der Waals surface area contributed by atoms with E-state index in [4.69, 9.17) is 4.42 Å². The molecular formula is C19H19BrN2O3S. The fourth-order valence-electron chi connectivity index (χ4n) is 3.32. The Labute approximate surface area is 163 Å². The van der Waals surface area contributed by atoms with Gasteiger partial charge < -0.3 is 14.4 Å². The lowest BCUT2D eigenvalue weighted by Crippen LogP contribution is -2.43. The Bertz CT molecular complexity index is 957. The van der Waals surface area contributed by atoms with E-state index in [1.807, 2.05) is 6.07 Å². The first-order valence-electron chi connectivity index (χ1n) is 8.46. The van der Waals surface area contributed by atoms with Crippen LogP contribution in [0.15, 0.2) is 38.7 Å². The number of phenolic OH excluding ortho intramolecular Hbond substituents is 1. The number of carbonyl (C=O) groups excluding carboxylic acids is 1. The summed E-state index contributed by atoms with van der Waals surface area (Å²) < 4.78 is 6.55. The van der Waals surface area contributed by atoms with Crippen LogP contribution in [0.2, 0.25) is 0 Å². The van der Waals surface area contributed by atoms with E-state index in [0.717, 1.165) is 40.9 Å². The summed E-state index contributed by atoms with van der Waals surface area (Å²) in [6.45, 7) is 4.47. The van der Waals surface area contributed by atoms with Gasteiger partial charge >= 0.3 is 0 Å². The molecule has 3 heterocycles. The van der Waals surface area contributed by atoms with Crippen molar-refractivity contribution in [3.05, 3.63) is 50.3 Å². The number of rotatable bonds is 4. The molecule has 3 aromatic rings. The molecule has 0 atom stereocenters. The number of furan rings is 1. The van der Waals surface area contributed by atoms with E-state index in [1.54, 1.807) is 18.2 Å². The molecule has 5 nitrogen and oxygen atoms in total. The Kier molecular flexibility index (Phi) is 4.88. The lowest BCUT2D eigenvalue weighted by atomic mass is 10.0. The second-order valence-corrected chi connectivity index (χ2v) is 9.06. The fraction of sp³-hybridized carbons (Fsp3) is 0.316. The Morgan fingerprint density at radius 2 is 2.00 bits per heavy atom. The third-order valence-corrected chi connectivity index (χ3v) is 6.46. The van der Waals surface area contributed by atoms with Crippen LogP contribution in [-0.2, 0) is 6.54 Å². The van der Waals surface area contributed by atoms with Gasteiger partial charge in [0.1, 0.15) is 17.6 Å². The number of hydrogen-bond acceptors (Lipinski definition) is 6. The molecule has 0 unspecified atom stereocenters. The molecule has 0 radical (unpaired) electrons. The number of aromatic hydroxyl groups is 1. The second kappa shape index (κ2) is 7.15. The summed E-state index contributed by atoms with van der Waals surface area (Å²) >= 11 is 4.80. The van der Waals surface area contributed by atoms with Gasteiger partial charge in [0.25, 0.3) is 0 Å². The topological polar surface area (TPSA) is 56.9 Å². The van der Waals surface area contributed by atoms with Crippen molar-refractivity contribution in [3.8, 4) is 5.75 Å². The van der Waals surface area contributed by atoms with Gasteiger partial charge in [-0.2, -0.15) is 0 Å². The van der Waals surface area contributed by atoms with Crippen molar-refractivity contribution in [1.82, 2.24) is 9.80 Å². The van der Waals surface area contributed by atoms with Crippen molar-refractivity contribution < 1.29 is 14.3 Å². The summed E-state index contributed by atoms with van der Waals surface area (Å²) in [4.78, 5) is 18.2. The summed E-state index contributed by atoms with van der Waals surface area (Å²) in [6.07, 6.45) is 1.51. The molecular weight excluding hydrogens is 416 g/mol. The predicted octanol–water partition coefficient (Wildman–Crippen LogP) is 3.94. The van der Waals surface area contributed by atoms with Gasteiger partial charge in [-0.05, 0) is 47.2 Å². The third kappa shape index (κ3) is 3.32. The van der Waals surface area contributed by atoms with Crippen molar-refractivity contribution in [2.24, 2.45) is 0 Å². The molecule has 0 spiro atoms. The molecule has 0 aliphatic carbocycles. The molecule has 7 heteroatoms. The summed E-state index contributed by atoms with van der Waals surface area (Å²) in [5.74, 6) is 0.129. The van der Waals surface area contributed by atoms with Crippen molar-refractivity contribution in [2.45, 2.75) is 6.54 Å². The molecule has 26 heavy (non-hydrogen) atoms. The molecule has 136 valence electrons. The Hall–Kier alpha value is -1.67. The third-order valence-electron chi connectivity index (χ3n) is 4.84. The van der Waals surface area contributed by atoms with Crippen molar-refractivity contribution >= 4 is 44.0 Å². The average molecular weight is 435 g/mol. The molecule has 1 aliphatic rings. The van der Waals surface area contributed by atoms with Crippen molar-refractivity contribution in [2.75, 3.05) is 33.2 Å². The van der Waals surface area contributed by atoms with Gasteiger partial charge in [-0.3, -0.25) is 9.69 Å². The van der Waals surface area contributed by atoms with E-state index in [-0.39, 0.29) is 11.5 Å². The van der Waals surface area contributed by atoms with E-state index >= 15 is 0 Å². The van der Waals surface area contributed by atoms with Crippen LogP contribution in [0.4, 0.5) is 0 Å². The molecule has 1 aromatic carbocycles. The van der Waals surface area contributed by atoms with Crippen LogP contribution < -0.4 is 0 Å². The van der Waals surface area contributed by atoms with Crippen LogP contribution in [0.3, 0.4) is 0 Å². The fourth-order valence-corrected chi connectivity index (χ4v) is 4.66. The summed E-state index contributed by atoms with van der Waals surface area (Å²) in [5, 5.41) is 11.2. The highest BCUT2D eigenvalue weighted by Crippen LogP contribution is 2.35. The number of piperazine rings is 1. The van der Waals surface area contributed by atoms with Crippen LogP contribution in [0, 0.1) is 0 Å². The minimum atomic E-state index is -0.0790. The smallest absolute Gasteiger partial charge is 0.206 e. The monoisotopic (exact) mass is 434 g/mol. The van der Waals surface area contributed by atoms with Gasteiger partial charge in [0.05, 0.1) is 14.2 Å². The Morgan fingerprint density at radius 3 is 2.69 bits per heavy atom. The molecule has 0 bridgehead atoms.